The monoisotopic (exact) mass is 213 g/mol. The van der Waals surface area contributed by atoms with Crippen LogP contribution in [0.2, 0.25) is 0 Å². The van der Waals surface area contributed by atoms with Gasteiger partial charge in [0.05, 0.1) is 12.6 Å². The van der Waals surface area contributed by atoms with Crippen LogP contribution in [0, 0.1) is 5.92 Å². The van der Waals surface area contributed by atoms with Crippen LogP contribution in [0.4, 0.5) is 0 Å². The number of hydrogen-bond acceptors (Lipinski definition) is 4. The average molecular weight is 213 g/mol. The number of nitrogens with zero attached hydrogens (tertiary/aromatic N) is 1. The summed E-state index contributed by atoms with van der Waals surface area (Å²) in [6.07, 6.45) is 0.719. The van der Waals surface area contributed by atoms with Crippen molar-refractivity contribution >= 4 is 11.8 Å². The molecule has 0 saturated carbocycles. The van der Waals surface area contributed by atoms with E-state index >= 15 is 0 Å². The van der Waals surface area contributed by atoms with Gasteiger partial charge in [0.1, 0.15) is 0 Å². The second-order valence-corrected chi connectivity index (χ2v) is 4.11. The van der Waals surface area contributed by atoms with Crippen LogP contribution in [-0.4, -0.2) is 42.4 Å². The van der Waals surface area contributed by atoms with E-state index in [2.05, 4.69) is 5.32 Å². The Morgan fingerprint density at radius 2 is 2.27 bits per heavy atom. The van der Waals surface area contributed by atoms with Crippen LogP contribution >= 0.6 is 0 Å². The zero-order valence-corrected chi connectivity index (χ0v) is 9.32. The number of nitrogens with one attached hydrogen (secondary N) is 1. The van der Waals surface area contributed by atoms with Gasteiger partial charge in [-0.3, -0.25) is 19.8 Å². The number of nitrogens with two attached hydrogens (primary N) is 1. The second-order valence-electron chi connectivity index (χ2n) is 4.11. The molecule has 3 N–H and O–H groups in total. The van der Waals surface area contributed by atoms with E-state index in [1.165, 1.54) is 0 Å². The molecule has 0 radical (unpaired) electrons. The fourth-order valence-electron chi connectivity index (χ4n) is 1.83. The first-order chi connectivity index (χ1) is 7.08. The van der Waals surface area contributed by atoms with Crippen molar-refractivity contribution in [1.82, 2.24) is 10.2 Å². The number of carbonyl (C=O) groups excluding carboxylic acids is 2. The maximum absolute atomic E-state index is 11.5. The van der Waals surface area contributed by atoms with Crippen LogP contribution in [0.1, 0.15) is 20.3 Å². The van der Waals surface area contributed by atoms with E-state index in [1.54, 1.807) is 0 Å². The fourth-order valence-corrected chi connectivity index (χ4v) is 1.83. The lowest BCUT2D eigenvalue weighted by Crippen LogP contribution is -2.58. The summed E-state index contributed by atoms with van der Waals surface area (Å²) >= 11 is 0. The highest BCUT2D eigenvalue weighted by Gasteiger charge is 2.32. The van der Waals surface area contributed by atoms with Crippen LogP contribution in [0.3, 0.4) is 0 Å². The molecule has 15 heavy (non-hydrogen) atoms. The van der Waals surface area contributed by atoms with E-state index in [1.807, 2.05) is 18.7 Å². The molecule has 0 spiro atoms. The van der Waals surface area contributed by atoms with Gasteiger partial charge >= 0.3 is 0 Å². The Balaban J connectivity index is 2.65. The Morgan fingerprint density at radius 1 is 1.60 bits per heavy atom. The summed E-state index contributed by atoms with van der Waals surface area (Å²) in [5, 5.41) is 2.35. The van der Waals surface area contributed by atoms with Crippen molar-refractivity contribution in [2.24, 2.45) is 11.7 Å². The van der Waals surface area contributed by atoms with E-state index in [9.17, 15) is 9.59 Å². The highest BCUT2D eigenvalue weighted by molar-refractivity contribution is 6.01. The molecule has 5 heteroatoms. The molecule has 86 valence electrons. The van der Waals surface area contributed by atoms with Crippen molar-refractivity contribution in [1.29, 1.82) is 0 Å². The van der Waals surface area contributed by atoms with Crippen molar-refractivity contribution < 1.29 is 9.59 Å². The van der Waals surface area contributed by atoms with Crippen molar-refractivity contribution in [2.45, 2.75) is 26.3 Å². The van der Waals surface area contributed by atoms with Crippen LogP contribution in [0.25, 0.3) is 0 Å². The Bertz CT molecular complexity index is 255. The van der Waals surface area contributed by atoms with Gasteiger partial charge in [-0.2, -0.15) is 0 Å². The number of imide groups is 1. The van der Waals surface area contributed by atoms with Gasteiger partial charge < -0.3 is 5.73 Å². The summed E-state index contributed by atoms with van der Waals surface area (Å²) in [5.74, 6) is -0.0929. The van der Waals surface area contributed by atoms with E-state index in [0.29, 0.717) is 25.6 Å². The molecular weight excluding hydrogens is 194 g/mol. The van der Waals surface area contributed by atoms with E-state index in [4.69, 9.17) is 5.73 Å². The molecular formula is C10H19N3O2. The van der Waals surface area contributed by atoms with Gasteiger partial charge in [-0.25, -0.2) is 0 Å². The normalized spacial score (nSPS) is 25.1. The molecule has 2 amide bonds. The van der Waals surface area contributed by atoms with Crippen molar-refractivity contribution in [3.63, 3.8) is 0 Å². The van der Waals surface area contributed by atoms with Crippen LogP contribution in [0.15, 0.2) is 0 Å². The first-order valence-electron chi connectivity index (χ1n) is 5.36. The maximum Gasteiger partial charge on any atom is 0.243 e. The van der Waals surface area contributed by atoms with Crippen molar-refractivity contribution in [3.8, 4) is 0 Å². The molecule has 1 aliphatic heterocycles. The molecule has 1 saturated heterocycles. The summed E-state index contributed by atoms with van der Waals surface area (Å²) in [6.45, 7) is 5.54. The minimum absolute atomic E-state index is 0.182. The van der Waals surface area contributed by atoms with E-state index in [0.717, 1.165) is 6.42 Å². The van der Waals surface area contributed by atoms with Crippen molar-refractivity contribution in [2.75, 3.05) is 19.6 Å². The number of rotatable bonds is 4. The lowest BCUT2D eigenvalue weighted by Gasteiger charge is -2.34. The Labute approximate surface area is 90.0 Å². The highest BCUT2D eigenvalue weighted by atomic mass is 16.2. The van der Waals surface area contributed by atoms with Gasteiger partial charge in [0.25, 0.3) is 0 Å². The molecule has 0 aromatic heterocycles. The topological polar surface area (TPSA) is 75.4 Å². The first-order valence-corrected chi connectivity index (χ1v) is 5.36. The summed E-state index contributed by atoms with van der Waals surface area (Å²) in [6, 6.07) is -0.184. The predicted molar refractivity (Wildman–Crippen MR) is 57.0 cm³/mol. The highest BCUT2D eigenvalue weighted by Crippen LogP contribution is 2.11. The summed E-state index contributed by atoms with van der Waals surface area (Å²) in [4.78, 5) is 24.6. The third kappa shape index (κ3) is 3.00. The third-order valence-corrected chi connectivity index (χ3v) is 2.69. The molecule has 1 heterocycles. The largest absolute Gasteiger partial charge is 0.330 e. The first kappa shape index (κ1) is 12.1. The number of hydrogen-bond donors (Lipinski definition) is 2. The van der Waals surface area contributed by atoms with Gasteiger partial charge in [0.15, 0.2) is 0 Å². The molecule has 2 unspecified atom stereocenters. The number of carbonyl (C=O) groups is 2. The zero-order valence-electron chi connectivity index (χ0n) is 9.32. The SMILES string of the molecule is CCC1C(=O)NC(=O)CN1CC(C)CN. The fraction of sp³-hybridized carbons (Fsp3) is 0.800. The van der Waals surface area contributed by atoms with E-state index in [-0.39, 0.29) is 17.9 Å². The van der Waals surface area contributed by atoms with Gasteiger partial charge in [0.2, 0.25) is 11.8 Å². The standard InChI is InChI=1S/C10H19N3O2/c1-3-8-10(15)12-9(14)6-13(8)5-7(2)4-11/h7-8H,3-6,11H2,1-2H3,(H,12,14,15). The Kier molecular flexibility index (Phi) is 4.23. The molecule has 0 aromatic rings. The quantitative estimate of drug-likeness (QED) is 0.607. The third-order valence-electron chi connectivity index (χ3n) is 2.69. The van der Waals surface area contributed by atoms with Crippen molar-refractivity contribution in [3.05, 3.63) is 0 Å². The summed E-state index contributed by atoms with van der Waals surface area (Å²) < 4.78 is 0. The van der Waals surface area contributed by atoms with Gasteiger partial charge in [0, 0.05) is 6.54 Å². The molecule has 0 bridgehead atoms. The van der Waals surface area contributed by atoms with Gasteiger partial charge in [-0.15, -0.1) is 0 Å². The number of amides is 2. The van der Waals surface area contributed by atoms with Gasteiger partial charge in [-0.05, 0) is 18.9 Å². The average Bonchev–Trinajstić information content (AvgIpc) is 2.17. The predicted octanol–water partition coefficient (Wildman–Crippen LogP) is -0.682. The van der Waals surface area contributed by atoms with E-state index < -0.39 is 0 Å². The minimum atomic E-state index is -0.214. The maximum atomic E-state index is 11.5. The zero-order chi connectivity index (χ0) is 11.4. The van der Waals surface area contributed by atoms with Crippen LogP contribution in [-0.2, 0) is 9.59 Å². The smallest absolute Gasteiger partial charge is 0.243 e. The Morgan fingerprint density at radius 3 is 2.80 bits per heavy atom. The molecule has 2 atom stereocenters. The molecule has 0 aromatic carbocycles. The van der Waals surface area contributed by atoms with Gasteiger partial charge in [-0.1, -0.05) is 13.8 Å². The second kappa shape index (κ2) is 5.23. The van der Waals surface area contributed by atoms with Crippen LogP contribution < -0.4 is 11.1 Å². The molecule has 1 aliphatic rings. The lowest BCUT2D eigenvalue weighted by molar-refractivity contribution is -0.140. The lowest BCUT2D eigenvalue weighted by atomic mass is 10.1. The minimum Gasteiger partial charge on any atom is -0.330 e. The van der Waals surface area contributed by atoms with Crippen LogP contribution in [0.5, 0.6) is 0 Å². The molecule has 1 fully saturated rings. The number of piperazine rings is 1. The summed E-state index contributed by atoms with van der Waals surface area (Å²) in [7, 11) is 0. The Hall–Kier alpha value is -0.940. The summed E-state index contributed by atoms with van der Waals surface area (Å²) in [5.41, 5.74) is 5.53. The molecule has 0 aliphatic carbocycles. The molecule has 5 nitrogen and oxygen atoms in total. The molecule has 1 rings (SSSR count).